The maximum absolute atomic E-state index is 13.5. The van der Waals surface area contributed by atoms with Gasteiger partial charge in [0.15, 0.2) is 5.71 Å². The highest BCUT2D eigenvalue weighted by Gasteiger charge is 2.44. The number of carbonyl (C=O) groups is 1. The maximum atomic E-state index is 13.5. The Balaban J connectivity index is 0.998. The number of methoxy groups -OCH3 is 1. The average molecular weight is 1100 g/mol. The second kappa shape index (κ2) is 25.5. The molecule has 4 aliphatic rings. The Morgan fingerprint density at radius 3 is 2.14 bits per heavy atom. The number of benzene rings is 4. The fourth-order valence-electron chi connectivity index (χ4n) is 11.4. The van der Waals surface area contributed by atoms with E-state index < -0.39 is 20.2 Å². The zero-order valence-corrected chi connectivity index (χ0v) is 48.0. The average Bonchev–Trinajstić information content (AvgIpc) is 3.76. The topological polar surface area (TPSA) is 163 Å². The molecule has 0 saturated carbocycles. The first-order valence-electron chi connectivity index (χ1n) is 27.3. The highest BCUT2D eigenvalue weighted by molar-refractivity contribution is 8.03. The van der Waals surface area contributed by atoms with Gasteiger partial charge < -0.3 is 24.4 Å². The van der Waals surface area contributed by atoms with E-state index in [4.69, 9.17) is 4.74 Å². The molecular weight excluding hydrogens is 1030 g/mol. The lowest BCUT2D eigenvalue weighted by Gasteiger charge is -2.36. The molecule has 0 aromatic heterocycles. The summed E-state index contributed by atoms with van der Waals surface area (Å²) in [5.74, 6) is 0.169. The van der Waals surface area contributed by atoms with Crippen molar-refractivity contribution in [3.05, 3.63) is 160 Å². The van der Waals surface area contributed by atoms with Crippen LogP contribution in [-0.2, 0) is 31.1 Å². The van der Waals surface area contributed by atoms with Crippen molar-refractivity contribution in [1.29, 1.82) is 0 Å². The molecule has 1 fully saturated rings. The fraction of sp³-hybridized carbons (Fsp3) is 0.443. The summed E-state index contributed by atoms with van der Waals surface area (Å²) >= 11 is 1.70. The molecule has 13 nitrogen and oxygen atoms in total. The molecule has 1 aliphatic carbocycles. The van der Waals surface area contributed by atoms with Crippen LogP contribution in [0, 0.1) is 0 Å². The van der Waals surface area contributed by atoms with E-state index in [0.29, 0.717) is 44.5 Å². The Hall–Kier alpha value is -5.49. The lowest BCUT2D eigenvalue weighted by molar-refractivity contribution is -0.438. The molecule has 4 aromatic rings. The lowest BCUT2D eigenvalue weighted by Crippen LogP contribution is -2.46. The molecule has 1 amide bonds. The SMILES string of the molecule is COc1ccccc1N1CCN(CCCCCNC(=O)c2ccc(SC3=C(/C=C/C4=[N+](CCCCS(=O)(=O)O)c5ccccc5C4(C)C)CCC/C3=C\C=C3\N(CCCCS(=O)(=O)[O-])c4ccccc4C3(C)C)cc2)CC1. The first-order valence-corrected chi connectivity index (χ1v) is 31.3. The minimum atomic E-state index is -4.31. The van der Waals surface area contributed by atoms with Gasteiger partial charge in [0.1, 0.15) is 12.3 Å². The smallest absolute Gasteiger partial charge is 0.264 e. The Bertz CT molecular complexity index is 3130. The number of hydrogen-bond donors (Lipinski definition) is 2. The minimum Gasteiger partial charge on any atom is -0.748 e. The monoisotopic (exact) mass is 1100 g/mol. The van der Waals surface area contributed by atoms with Crippen molar-refractivity contribution >= 4 is 60.7 Å². The summed E-state index contributed by atoms with van der Waals surface area (Å²) in [6.07, 6.45) is 16.4. The zero-order chi connectivity index (χ0) is 54.8. The molecular formula is C61H77N5O8S3. The van der Waals surface area contributed by atoms with Gasteiger partial charge in [-0.05, 0) is 137 Å². The van der Waals surface area contributed by atoms with E-state index in [1.165, 1.54) is 22.3 Å². The highest BCUT2D eigenvalue weighted by atomic mass is 32.2. The molecule has 0 unspecified atom stereocenters. The fourth-order valence-corrected chi connectivity index (χ4v) is 13.7. The summed E-state index contributed by atoms with van der Waals surface area (Å²) in [6, 6.07) is 32.8. The Morgan fingerprint density at radius 2 is 1.42 bits per heavy atom. The minimum absolute atomic E-state index is 0.0826. The molecule has 0 bridgehead atoms. The molecule has 0 spiro atoms. The van der Waals surface area contributed by atoms with Gasteiger partial charge in [0.25, 0.3) is 16.0 Å². The van der Waals surface area contributed by atoms with Gasteiger partial charge in [-0.1, -0.05) is 92.7 Å². The number of piperazine rings is 1. The van der Waals surface area contributed by atoms with Crippen LogP contribution in [0.1, 0.15) is 113 Å². The van der Waals surface area contributed by atoms with Gasteiger partial charge >= 0.3 is 0 Å². The van der Waals surface area contributed by atoms with Crippen LogP contribution in [0.2, 0.25) is 0 Å². The second-order valence-electron chi connectivity index (χ2n) is 21.7. The number of hydrogen-bond acceptors (Lipinski definition) is 11. The van der Waals surface area contributed by atoms with E-state index in [9.17, 15) is 30.7 Å². The predicted molar refractivity (Wildman–Crippen MR) is 312 cm³/mol. The van der Waals surface area contributed by atoms with Crippen molar-refractivity contribution in [2.24, 2.45) is 0 Å². The Morgan fingerprint density at radius 1 is 0.740 bits per heavy atom. The first-order chi connectivity index (χ1) is 36.8. The predicted octanol–water partition coefficient (Wildman–Crippen LogP) is 11.2. The van der Waals surface area contributed by atoms with E-state index in [0.717, 1.165) is 115 Å². The molecule has 2 N–H and O–H groups in total. The lowest BCUT2D eigenvalue weighted by atomic mass is 9.81. The third-order valence-corrected chi connectivity index (χ3v) is 18.4. The molecule has 8 rings (SSSR count). The largest absolute Gasteiger partial charge is 0.748 e. The van der Waals surface area contributed by atoms with Crippen molar-refractivity contribution in [2.45, 2.75) is 108 Å². The molecule has 0 atom stereocenters. The van der Waals surface area contributed by atoms with E-state index in [2.05, 4.69) is 125 Å². The van der Waals surface area contributed by atoms with Gasteiger partial charge in [0, 0.05) is 101 Å². The molecule has 0 radical (unpaired) electrons. The number of ether oxygens (including phenoxy) is 1. The number of nitrogens with one attached hydrogen (secondary N) is 1. The second-order valence-corrected chi connectivity index (χ2v) is 25.8. The number of allylic oxidation sites excluding steroid dienone is 7. The van der Waals surface area contributed by atoms with Crippen LogP contribution in [0.4, 0.5) is 17.1 Å². The van der Waals surface area contributed by atoms with Crippen LogP contribution in [0.25, 0.3) is 0 Å². The van der Waals surface area contributed by atoms with Crippen LogP contribution in [-0.4, -0.2) is 118 Å². The van der Waals surface area contributed by atoms with E-state index >= 15 is 0 Å². The van der Waals surface area contributed by atoms with Crippen molar-refractivity contribution in [3.63, 3.8) is 0 Å². The molecule has 3 heterocycles. The van der Waals surface area contributed by atoms with E-state index in [-0.39, 0.29) is 34.7 Å². The number of carbonyl (C=O) groups excluding carboxylic acids is 1. The van der Waals surface area contributed by atoms with E-state index in [1.54, 1.807) is 18.9 Å². The van der Waals surface area contributed by atoms with Crippen molar-refractivity contribution in [1.82, 2.24) is 10.2 Å². The van der Waals surface area contributed by atoms with Crippen LogP contribution >= 0.6 is 11.8 Å². The number of nitrogens with zero attached hydrogens (tertiary/aromatic N) is 4. The molecule has 16 heteroatoms. The summed E-state index contributed by atoms with van der Waals surface area (Å²) < 4.78 is 75.1. The first kappa shape index (κ1) is 57.7. The number of thioether (sulfide) groups is 1. The summed E-state index contributed by atoms with van der Waals surface area (Å²) in [7, 11) is -6.65. The number of fused-ring (bicyclic) bond motifs is 2. The van der Waals surface area contributed by atoms with Gasteiger partial charge in [0.2, 0.25) is 5.69 Å². The highest BCUT2D eigenvalue weighted by Crippen LogP contribution is 2.49. The van der Waals surface area contributed by atoms with Gasteiger partial charge in [-0.3, -0.25) is 14.2 Å². The summed E-state index contributed by atoms with van der Waals surface area (Å²) in [5.41, 5.74) is 10.3. The van der Waals surface area contributed by atoms with Crippen LogP contribution < -0.4 is 19.9 Å². The van der Waals surface area contributed by atoms with Gasteiger partial charge in [0.05, 0.1) is 34.1 Å². The Kier molecular flexibility index (Phi) is 19.1. The third kappa shape index (κ3) is 14.6. The number of amides is 1. The number of rotatable bonds is 24. The van der Waals surface area contributed by atoms with Crippen LogP contribution in [0.15, 0.2) is 148 Å². The van der Waals surface area contributed by atoms with Gasteiger partial charge in [-0.2, -0.15) is 13.0 Å². The molecule has 412 valence electrons. The number of unbranched alkanes of at least 4 members (excludes halogenated alkanes) is 4. The normalized spacial score (nSPS) is 18.7. The van der Waals surface area contributed by atoms with Gasteiger partial charge in [-0.15, -0.1) is 0 Å². The molecule has 4 aromatic carbocycles. The number of anilines is 2. The number of para-hydroxylation sites is 4. The van der Waals surface area contributed by atoms with Crippen LogP contribution in [0.3, 0.4) is 0 Å². The summed E-state index contributed by atoms with van der Waals surface area (Å²) in [5, 5.41) is 3.15. The van der Waals surface area contributed by atoms with Crippen LogP contribution in [0.5, 0.6) is 5.75 Å². The van der Waals surface area contributed by atoms with Crippen molar-refractivity contribution in [3.8, 4) is 5.75 Å². The Labute approximate surface area is 462 Å². The van der Waals surface area contributed by atoms with Crippen molar-refractivity contribution in [2.75, 3.05) is 80.8 Å². The van der Waals surface area contributed by atoms with E-state index in [1.807, 2.05) is 48.5 Å². The van der Waals surface area contributed by atoms with Gasteiger partial charge in [-0.25, -0.2) is 8.42 Å². The molecule has 1 saturated heterocycles. The zero-order valence-electron chi connectivity index (χ0n) is 45.5. The third-order valence-electron chi connectivity index (χ3n) is 15.6. The maximum Gasteiger partial charge on any atom is 0.264 e. The standard InChI is InChI=1S/C61H77N5O8S3/c1-60(2)50-22-7-9-24-52(50)65(38-15-17-44-76(68,69)70)56(60)34-30-46-20-19-21-47(31-35-57-61(3,4)51-23-8-10-25-53(51)66(57)39-16-18-45-77(71,72)73)58(46)75-49-32-28-48(29-33-49)59(67)62-36-13-6-14-37-63-40-42-64(43-41-63)54-26-11-12-27-55(54)74-5/h7-12,22-35H,6,13-21,36-45H2,1-5H3,(H2-,62,67,68,69,70,71,72,73). The summed E-state index contributed by atoms with van der Waals surface area (Å²) in [6.45, 7) is 15.7. The summed E-state index contributed by atoms with van der Waals surface area (Å²) in [4.78, 5) is 22.8. The van der Waals surface area contributed by atoms with Crippen molar-refractivity contribution < 1.29 is 40.0 Å². The quantitative estimate of drug-likeness (QED) is 0.0389. The molecule has 77 heavy (non-hydrogen) atoms. The molecule has 3 aliphatic heterocycles.